The van der Waals surface area contributed by atoms with Gasteiger partial charge in [0.1, 0.15) is 12.2 Å². The molecular formula is C36H49N3O4. The molecule has 3 heterocycles. The van der Waals surface area contributed by atoms with Crippen LogP contribution in [0.25, 0.3) is 22.2 Å². The van der Waals surface area contributed by atoms with Gasteiger partial charge in [0.25, 0.3) is 0 Å². The van der Waals surface area contributed by atoms with E-state index in [1.807, 2.05) is 25.7 Å². The second-order valence-corrected chi connectivity index (χ2v) is 13.7. The summed E-state index contributed by atoms with van der Waals surface area (Å²) in [6.07, 6.45) is 9.57. The lowest BCUT2D eigenvalue weighted by Gasteiger charge is -2.34. The van der Waals surface area contributed by atoms with Crippen LogP contribution in [0, 0.1) is 5.92 Å². The van der Waals surface area contributed by atoms with Crippen LogP contribution in [-0.2, 0) is 27.7 Å². The van der Waals surface area contributed by atoms with Gasteiger partial charge in [-0.15, -0.1) is 0 Å². The van der Waals surface area contributed by atoms with Crippen molar-refractivity contribution in [3.8, 4) is 11.3 Å². The first kappa shape index (κ1) is 30.0. The van der Waals surface area contributed by atoms with Crippen LogP contribution >= 0.6 is 0 Å². The number of carbonyl (C=O) groups excluding carboxylic acids is 1. The second kappa shape index (κ2) is 12.9. The van der Waals surface area contributed by atoms with E-state index in [1.54, 1.807) is 12.7 Å². The number of rotatable bonds is 7. The maximum atomic E-state index is 12.6. The van der Waals surface area contributed by atoms with E-state index in [9.17, 15) is 4.79 Å². The van der Waals surface area contributed by atoms with E-state index in [1.165, 1.54) is 60.0 Å². The molecule has 7 nitrogen and oxygen atoms in total. The number of piperidine rings is 1. The van der Waals surface area contributed by atoms with Crippen LogP contribution in [-0.4, -0.2) is 54.5 Å². The predicted octanol–water partition coefficient (Wildman–Crippen LogP) is 8.29. The number of likely N-dealkylation sites (tertiary alicyclic amines) is 1. The van der Waals surface area contributed by atoms with Crippen LogP contribution in [0.15, 0.2) is 42.5 Å². The first-order valence-electron chi connectivity index (χ1n) is 16.5. The summed E-state index contributed by atoms with van der Waals surface area (Å²) in [5.41, 5.74) is 7.71. The van der Waals surface area contributed by atoms with Crippen LogP contribution in [0.4, 0.5) is 10.5 Å². The van der Waals surface area contributed by atoms with Gasteiger partial charge in [0.15, 0.2) is 0 Å². The molecular weight excluding hydrogens is 538 g/mol. The average Bonchev–Trinajstić information content (AvgIpc) is 3.23. The number of nitrogens with zero attached hydrogens (tertiary/aromatic N) is 3. The smallest absolute Gasteiger partial charge is 0.410 e. The number of amides is 1. The number of hydrogen-bond acceptors (Lipinski definition) is 5. The SMILES string of the molecule is COOCc1ccc2c(C3CCCCC3)c3n(c2c1)CCN(CCC1CCN(C(=O)OC(C)(C)C)CC1)c1ccccc1-3. The summed E-state index contributed by atoms with van der Waals surface area (Å²) in [6.45, 7) is 10.8. The first-order valence-corrected chi connectivity index (χ1v) is 16.5. The van der Waals surface area contributed by atoms with Crippen LogP contribution < -0.4 is 4.90 Å². The van der Waals surface area contributed by atoms with Gasteiger partial charge in [0.2, 0.25) is 0 Å². The highest BCUT2D eigenvalue weighted by atomic mass is 17.2. The fourth-order valence-electron chi connectivity index (χ4n) is 7.56. The van der Waals surface area contributed by atoms with Crippen LogP contribution in [0.3, 0.4) is 0 Å². The van der Waals surface area contributed by atoms with Crippen molar-refractivity contribution >= 4 is 22.7 Å². The summed E-state index contributed by atoms with van der Waals surface area (Å²) < 4.78 is 8.22. The van der Waals surface area contributed by atoms with Crippen molar-refractivity contribution in [3.05, 3.63) is 53.6 Å². The summed E-state index contributed by atoms with van der Waals surface area (Å²) in [4.78, 5) is 27.3. The quantitative estimate of drug-likeness (QED) is 0.206. The van der Waals surface area contributed by atoms with Gasteiger partial charge in [-0.3, -0.25) is 0 Å². The number of para-hydroxylation sites is 1. The molecule has 2 aromatic carbocycles. The van der Waals surface area contributed by atoms with Gasteiger partial charge in [-0.2, -0.15) is 0 Å². The Morgan fingerprint density at radius 2 is 1.70 bits per heavy atom. The minimum Gasteiger partial charge on any atom is -0.444 e. The van der Waals surface area contributed by atoms with E-state index in [0.717, 1.165) is 57.5 Å². The van der Waals surface area contributed by atoms with Crippen LogP contribution in [0.1, 0.15) is 89.2 Å². The Kier molecular flexibility index (Phi) is 9.01. The monoisotopic (exact) mass is 587 g/mol. The van der Waals surface area contributed by atoms with E-state index in [4.69, 9.17) is 14.5 Å². The summed E-state index contributed by atoms with van der Waals surface area (Å²) in [6, 6.07) is 15.9. The normalized spacial score (nSPS) is 18.4. The van der Waals surface area contributed by atoms with Crippen molar-refractivity contribution in [3.63, 3.8) is 0 Å². The van der Waals surface area contributed by atoms with E-state index in [2.05, 4.69) is 51.9 Å². The van der Waals surface area contributed by atoms with Gasteiger partial charge >= 0.3 is 6.09 Å². The van der Waals surface area contributed by atoms with Crippen molar-refractivity contribution in [2.24, 2.45) is 5.92 Å². The van der Waals surface area contributed by atoms with Crippen molar-refractivity contribution in [1.29, 1.82) is 0 Å². The molecule has 1 aromatic heterocycles. The molecule has 7 heteroatoms. The zero-order chi connectivity index (χ0) is 30.0. The highest BCUT2D eigenvalue weighted by Gasteiger charge is 2.31. The fourth-order valence-corrected chi connectivity index (χ4v) is 7.56. The second-order valence-electron chi connectivity index (χ2n) is 13.7. The van der Waals surface area contributed by atoms with Gasteiger partial charge < -0.3 is 19.1 Å². The van der Waals surface area contributed by atoms with Gasteiger partial charge in [0.05, 0.1) is 12.8 Å². The number of ether oxygens (including phenoxy) is 1. The van der Waals surface area contributed by atoms with E-state index in [0.29, 0.717) is 18.4 Å². The highest BCUT2D eigenvalue weighted by molar-refractivity contribution is 5.96. The summed E-state index contributed by atoms with van der Waals surface area (Å²) >= 11 is 0. The summed E-state index contributed by atoms with van der Waals surface area (Å²) in [5.74, 6) is 1.22. The van der Waals surface area contributed by atoms with Crippen molar-refractivity contribution < 1.29 is 19.3 Å². The zero-order valence-corrected chi connectivity index (χ0v) is 26.6. The molecule has 0 spiro atoms. The Balaban J connectivity index is 1.25. The molecule has 1 saturated heterocycles. The van der Waals surface area contributed by atoms with Crippen molar-refractivity contribution in [2.45, 2.75) is 96.8 Å². The minimum atomic E-state index is -0.450. The maximum absolute atomic E-state index is 12.6. The number of fused-ring (bicyclic) bond motifs is 5. The van der Waals surface area contributed by atoms with Gasteiger partial charge in [0, 0.05) is 54.9 Å². The Morgan fingerprint density at radius 1 is 0.930 bits per heavy atom. The van der Waals surface area contributed by atoms with E-state index >= 15 is 0 Å². The van der Waals surface area contributed by atoms with Crippen molar-refractivity contribution in [1.82, 2.24) is 9.47 Å². The Bertz CT molecular complexity index is 1410. The largest absolute Gasteiger partial charge is 0.444 e. The average molecular weight is 588 g/mol. The van der Waals surface area contributed by atoms with Gasteiger partial charge in [-0.05, 0) is 88.0 Å². The fraction of sp³-hybridized carbons (Fsp3) is 0.583. The first-order chi connectivity index (χ1) is 20.8. The number of anilines is 1. The zero-order valence-electron chi connectivity index (χ0n) is 26.6. The lowest BCUT2D eigenvalue weighted by Crippen LogP contribution is -2.42. The molecule has 2 fully saturated rings. The number of benzene rings is 2. The molecule has 3 aliphatic rings. The Morgan fingerprint density at radius 3 is 2.44 bits per heavy atom. The molecule has 0 radical (unpaired) electrons. The number of carbonyl (C=O) groups is 1. The van der Waals surface area contributed by atoms with Crippen LogP contribution in [0.2, 0.25) is 0 Å². The molecule has 3 aromatic rings. The molecule has 1 saturated carbocycles. The third-order valence-corrected chi connectivity index (χ3v) is 9.69. The molecule has 6 rings (SSSR count). The minimum absolute atomic E-state index is 0.174. The Labute approximate surface area is 257 Å². The van der Waals surface area contributed by atoms with E-state index in [-0.39, 0.29) is 6.09 Å². The molecule has 0 atom stereocenters. The third-order valence-electron chi connectivity index (χ3n) is 9.69. The molecule has 0 N–H and O–H groups in total. The summed E-state index contributed by atoms with van der Waals surface area (Å²) in [5, 5.41) is 1.41. The molecule has 43 heavy (non-hydrogen) atoms. The third kappa shape index (κ3) is 6.58. The standard InChI is InChI=1S/C36H49N3O4/c1-36(2,3)43-35(40)38-20-17-26(18-21-38)16-19-37-22-23-39-32-24-27(25-42-41-4)14-15-29(32)33(28-10-6-5-7-11-28)34(39)30-12-8-9-13-31(30)37/h8-9,12-15,24,26,28H,5-7,10-11,16-23,25H2,1-4H3. The lowest BCUT2D eigenvalue weighted by molar-refractivity contribution is -0.282. The predicted molar refractivity (Wildman–Crippen MR) is 172 cm³/mol. The molecule has 0 bridgehead atoms. The van der Waals surface area contributed by atoms with Gasteiger partial charge in [-0.25, -0.2) is 14.6 Å². The lowest BCUT2D eigenvalue weighted by atomic mass is 9.81. The Hall–Kier alpha value is -3.03. The number of aromatic nitrogens is 1. The molecule has 0 unspecified atom stereocenters. The van der Waals surface area contributed by atoms with E-state index < -0.39 is 5.60 Å². The topological polar surface area (TPSA) is 56.2 Å². The molecule has 2 aliphatic heterocycles. The molecule has 232 valence electrons. The maximum Gasteiger partial charge on any atom is 0.410 e. The van der Waals surface area contributed by atoms with Gasteiger partial charge in [-0.1, -0.05) is 49.6 Å². The van der Waals surface area contributed by atoms with Crippen LogP contribution in [0.5, 0.6) is 0 Å². The highest BCUT2D eigenvalue weighted by Crippen LogP contribution is 2.47. The molecule has 1 amide bonds. The number of hydrogen-bond donors (Lipinski definition) is 0. The summed E-state index contributed by atoms with van der Waals surface area (Å²) in [7, 11) is 1.57. The van der Waals surface area contributed by atoms with Crippen molar-refractivity contribution in [2.75, 3.05) is 38.2 Å². The molecule has 1 aliphatic carbocycles.